The van der Waals surface area contributed by atoms with Crippen LogP contribution in [-0.4, -0.2) is 114 Å². The summed E-state index contributed by atoms with van der Waals surface area (Å²) in [6.07, 6.45) is -10.2. The summed E-state index contributed by atoms with van der Waals surface area (Å²) < 4.78 is 97.4. The molecule has 3 aliphatic rings. The van der Waals surface area contributed by atoms with Crippen LogP contribution in [0.15, 0.2) is 23.8 Å². The molecule has 0 aromatic carbocycles. The zero-order valence-corrected chi connectivity index (χ0v) is 30.6. The number of hydrogen-bond acceptors (Lipinski definition) is 21. The van der Waals surface area contributed by atoms with Gasteiger partial charge in [0.2, 0.25) is 12.7 Å². The first-order valence-electron chi connectivity index (χ1n) is 16.0. The lowest BCUT2D eigenvalue weighted by Gasteiger charge is -2.28. The standard InChI is InChI=1S/C27H35FN10O14P2/c1-27(2,3)25(41)45-10-48-54(43)47-6-12-17(13(28)23(50-12)37-8-33-14-19(29)31-7-32-20(14)37)51-53(42,44-4)46-5-11-16(39)18(52-54)24(49-11)38-9-34-15-21(38)35-26(30)36-22(15)40/h7-9,11-13,16-18,23-24,39H,5-6,10H2,1-4H3,(H2,29,31,32)(H3,30,35,36,40)/t11-,12-,13?,16?,17?,18?,23?,24-,53?,54?/m1/s1. The number of esters is 1. The van der Waals surface area contributed by atoms with Crippen molar-refractivity contribution >= 4 is 55.7 Å². The lowest BCUT2D eigenvalue weighted by Crippen LogP contribution is -2.36. The Labute approximate surface area is 302 Å². The van der Waals surface area contributed by atoms with Crippen LogP contribution in [0.3, 0.4) is 0 Å². The third-order valence-corrected chi connectivity index (χ3v) is 11.3. The highest BCUT2D eigenvalue weighted by Gasteiger charge is 2.55. The maximum atomic E-state index is 16.4. The van der Waals surface area contributed by atoms with Crippen LogP contribution in [0.5, 0.6) is 0 Å². The van der Waals surface area contributed by atoms with Gasteiger partial charge in [0.1, 0.15) is 42.4 Å². The lowest BCUT2D eigenvalue weighted by atomic mass is 9.98. The molecule has 0 radical (unpaired) electrons. The van der Waals surface area contributed by atoms with Gasteiger partial charge in [0.05, 0.1) is 31.3 Å². The molecule has 2 bridgehead atoms. The smallest absolute Gasteiger partial charge is 0.437 e. The molecule has 10 atom stereocenters. The number of hydrogen-bond donors (Lipinski definition) is 4. The summed E-state index contributed by atoms with van der Waals surface area (Å²) in [5, 5.41) is 11.5. The number of aliphatic hydroxyl groups is 1. The number of nitrogen functional groups attached to an aromatic ring is 2. The third-order valence-electron chi connectivity index (χ3n) is 8.50. The number of anilines is 2. The van der Waals surface area contributed by atoms with E-state index in [0.29, 0.717) is 0 Å². The van der Waals surface area contributed by atoms with Crippen LogP contribution in [0, 0.1) is 5.41 Å². The number of aliphatic hydroxyl groups excluding tert-OH is 1. The van der Waals surface area contributed by atoms with Gasteiger partial charge in [0, 0.05) is 7.11 Å². The molecule has 54 heavy (non-hydrogen) atoms. The molecule has 3 aliphatic heterocycles. The van der Waals surface area contributed by atoms with Crippen molar-refractivity contribution in [2.45, 2.75) is 69.9 Å². The van der Waals surface area contributed by atoms with Gasteiger partial charge in [-0.1, -0.05) is 0 Å². The van der Waals surface area contributed by atoms with Gasteiger partial charge < -0.3 is 30.8 Å². The highest BCUT2D eigenvalue weighted by Crippen LogP contribution is 2.57. The summed E-state index contributed by atoms with van der Waals surface area (Å²) in [6, 6.07) is 0. The highest BCUT2D eigenvalue weighted by molar-refractivity contribution is 7.48. The van der Waals surface area contributed by atoms with Gasteiger partial charge in [-0.25, -0.2) is 38.0 Å². The van der Waals surface area contributed by atoms with Crippen molar-refractivity contribution in [2.75, 3.05) is 38.6 Å². The Balaban J connectivity index is 1.26. The summed E-state index contributed by atoms with van der Waals surface area (Å²) >= 11 is 0. The van der Waals surface area contributed by atoms with E-state index in [4.69, 9.17) is 52.8 Å². The van der Waals surface area contributed by atoms with Crippen LogP contribution in [-0.2, 0) is 55.3 Å². The Morgan fingerprint density at radius 3 is 2.35 bits per heavy atom. The van der Waals surface area contributed by atoms with E-state index in [0.717, 1.165) is 24.3 Å². The SMILES string of the molecule is COP1(=O)OC[C@H]2O[C@@H](n3cnc4c(=O)[nH]c(N)nc43)C(OP(=O)(OCOC(=O)C(C)(C)C)OC[C@H]3OC(n4cnc5c(N)ncnc54)C(F)C3O1)C2O. The Kier molecular flexibility index (Phi) is 10.1. The van der Waals surface area contributed by atoms with Gasteiger partial charge in [-0.15, -0.1) is 0 Å². The molecule has 6 N–H and O–H groups in total. The normalized spacial score (nSPS) is 33.6. The quantitative estimate of drug-likeness (QED) is 0.119. The third kappa shape index (κ3) is 7.12. The molecular weight excluding hydrogens is 769 g/mol. The van der Waals surface area contributed by atoms with Crippen molar-refractivity contribution in [1.82, 2.24) is 39.0 Å². The first-order valence-corrected chi connectivity index (χ1v) is 18.9. The number of nitrogens with one attached hydrogen (secondary N) is 1. The molecule has 7 heterocycles. The zero-order valence-electron chi connectivity index (χ0n) is 28.8. The number of rotatable bonds is 6. The average Bonchev–Trinajstić information content (AvgIpc) is 3.87. The summed E-state index contributed by atoms with van der Waals surface area (Å²) in [4.78, 5) is 47.6. The molecule has 4 aromatic rings. The van der Waals surface area contributed by atoms with Crippen LogP contribution < -0.4 is 17.0 Å². The van der Waals surface area contributed by atoms with Crippen LogP contribution in [0.4, 0.5) is 16.2 Å². The number of nitrogens with two attached hydrogens (primary N) is 2. The van der Waals surface area contributed by atoms with Gasteiger partial charge in [0.15, 0.2) is 41.3 Å². The number of phosphoric acid groups is 2. The summed E-state index contributed by atoms with van der Waals surface area (Å²) in [6.45, 7) is 2.10. The van der Waals surface area contributed by atoms with Crippen molar-refractivity contribution in [3.8, 4) is 0 Å². The van der Waals surface area contributed by atoms with Gasteiger partial charge in [-0.05, 0) is 20.8 Å². The number of imidazole rings is 2. The molecule has 0 amide bonds. The minimum atomic E-state index is -5.04. The second-order valence-corrected chi connectivity index (χ2v) is 16.5. The lowest BCUT2D eigenvalue weighted by molar-refractivity contribution is -0.161. The largest absolute Gasteiger partial charge is 0.478 e. The number of halogens is 1. The Hall–Kier alpha value is -4.00. The van der Waals surface area contributed by atoms with E-state index in [1.165, 1.54) is 10.9 Å². The van der Waals surface area contributed by atoms with E-state index in [2.05, 4.69) is 29.9 Å². The van der Waals surface area contributed by atoms with Gasteiger partial charge in [-0.3, -0.25) is 46.3 Å². The molecular formula is C27H35FN10O14P2. The predicted octanol–water partition coefficient (Wildman–Crippen LogP) is 0.861. The van der Waals surface area contributed by atoms with Crippen LogP contribution in [0.2, 0.25) is 0 Å². The molecule has 24 nitrogen and oxygen atoms in total. The minimum Gasteiger partial charge on any atom is -0.437 e. The van der Waals surface area contributed by atoms with Crippen molar-refractivity contribution in [2.24, 2.45) is 5.41 Å². The molecule has 0 spiro atoms. The fraction of sp³-hybridized carbons (Fsp3) is 0.593. The van der Waals surface area contributed by atoms with Crippen molar-refractivity contribution in [1.29, 1.82) is 0 Å². The number of carbonyl (C=O) groups is 1. The molecule has 4 aromatic heterocycles. The van der Waals surface area contributed by atoms with Gasteiger partial charge in [0.25, 0.3) is 5.56 Å². The number of fused-ring (bicyclic) bond motifs is 5. The maximum absolute atomic E-state index is 16.4. The highest BCUT2D eigenvalue weighted by atomic mass is 31.2. The fourth-order valence-corrected chi connectivity index (χ4v) is 8.14. The summed E-state index contributed by atoms with van der Waals surface area (Å²) in [5.74, 6) is -1.04. The van der Waals surface area contributed by atoms with E-state index in [1.54, 1.807) is 20.8 Å². The monoisotopic (exact) mass is 804 g/mol. The van der Waals surface area contributed by atoms with E-state index < -0.39 is 102 Å². The molecule has 3 fully saturated rings. The van der Waals surface area contributed by atoms with Crippen molar-refractivity contribution in [3.63, 3.8) is 0 Å². The number of nitrogens with zero attached hydrogens (tertiary/aromatic N) is 7. The van der Waals surface area contributed by atoms with Gasteiger partial charge in [-0.2, -0.15) is 4.98 Å². The Bertz CT molecular complexity index is 2210. The second kappa shape index (κ2) is 14.3. The second-order valence-electron chi connectivity index (χ2n) is 13.2. The maximum Gasteiger partial charge on any atom is 0.478 e. The number of aromatic amines is 1. The zero-order chi connectivity index (χ0) is 38.7. The number of carbonyl (C=O) groups excluding carboxylic acids is 1. The Morgan fingerprint density at radius 1 is 0.981 bits per heavy atom. The van der Waals surface area contributed by atoms with Crippen LogP contribution in [0.25, 0.3) is 22.3 Å². The van der Waals surface area contributed by atoms with Crippen molar-refractivity contribution in [3.05, 3.63) is 29.3 Å². The number of alkyl halides is 1. The topological polar surface area (TPSA) is 314 Å². The van der Waals surface area contributed by atoms with Crippen molar-refractivity contribution < 1.29 is 64.8 Å². The number of phosphoric ester groups is 2. The molecule has 7 unspecified atom stereocenters. The number of H-pyrrole nitrogens is 1. The van der Waals surface area contributed by atoms with Crippen LogP contribution >= 0.6 is 15.6 Å². The summed E-state index contributed by atoms with van der Waals surface area (Å²) in [5.41, 5.74) is 9.85. The minimum absolute atomic E-state index is 0.000980. The molecule has 0 aliphatic carbocycles. The van der Waals surface area contributed by atoms with E-state index in [9.17, 15) is 23.8 Å². The number of aromatic nitrogens is 8. The van der Waals surface area contributed by atoms with Gasteiger partial charge >= 0.3 is 21.6 Å². The van der Waals surface area contributed by atoms with E-state index in [-0.39, 0.29) is 34.1 Å². The first kappa shape index (κ1) is 38.3. The average molecular weight is 805 g/mol. The molecule has 7 rings (SSSR count). The predicted molar refractivity (Wildman–Crippen MR) is 176 cm³/mol. The van der Waals surface area contributed by atoms with E-state index >= 15 is 4.39 Å². The summed E-state index contributed by atoms with van der Waals surface area (Å²) in [7, 11) is -8.79. The first-order chi connectivity index (χ1) is 25.5. The Morgan fingerprint density at radius 2 is 1.63 bits per heavy atom. The molecule has 294 valence electrons. The number of ether oxygens (including phenoxy) is 3. The molecule has 0 saturated carbocycles. The molecule has 3 saturated heterocycles. The van der Waals surface area contributed by atoms with Crippen LogP contribution in [0.1, 0.15) is 33.2 Å². The molecule has 27 heteroatoms. The van der Waals surface area contributed by atoms with E-state index in [1.807, 2.05) is 0 Å². The fourth-order valence-electron chi connectivity index (χ4n) is 5.77.